The molecule has 10 nitrogen and oxygen atoms in total. The number of nitrogens with two attached hydrogens (primary N) is 1. The first-order chi connectivity index (χ1) is 12.8. The highest BCUT2D eigenvalue weighted by molar-refractivity contribution is 7.89. The first-order valence-corrected chi connectivity index (χ1v) is 10.3. The summed E-state index contributed by atoms with van der Waals surface area (Å²) >= 11 is 0. The lowest BCUT2D eigenvalue weighted by Crippen LogP contribution is -2.33. The summed E-state index contributed by atoms with van der Waals surface area (Å²) < 4.78 is 22.6. The second-order valence-electron chi connectivity index (χ2n) is 6.51. The summed E-state index contributed by atoms with van der Waals surface area (Å²) in [5, 5.41) is 25.1. The number of benzene rings is 1. The van der Waals surface area contributed by atoms with Gasteiger partial charge in [0.15, 0.2) is 0 Å². The Morgan fingerprint density at radius 1 is 1.37 bits per heavy atom. The summed E-state index contributed by atoms with van der Waals surface area (Å²) in [4.78, 5) is 22.0. The highest BCUT2D eigenvalue weighted by Gasteiger charge is 2.19. The fourth-order valence-corrected chi connectivity index (χ4v) is 3.51. The number of piperidine rings is 1. The van der Waals surface area contributed by atoms with Gasteiger partial charge >= 0.3 is 0 Å². The molecule has 1 atom stereocenters. The topological polar surface area (TPSA) is 156 Å². The zero-order valence-electron chi connectivity index (χ0n) is 14.9. The van der Waals surface area contributed by atoms with E-state index < -0.39 is 20.6 Å². The molecule has 1 fully saturated rings. The first kappa shape index (κ1) is 21.1. The number of rotatable bonds is 9. The lowest BCUT2D eigenvalue weighted by atomic mass is 9.96. The minimum atomic E-state index is -4.03. The summed E-state index contributed by atoms with van der Waals surface area (Å²) in [5.74, 6) is 0.437. The summed E-state index contributed by atoms with van der Waals surface area (Å²) in [7, 11) is -4.03. The largest absolute Gasteiger partial charge is 0.379 e. The molecule has 0 saturated carbocycles. The maximum atomic E-state index is 11.9. The maximum Gasteiger partial charge on any atom is 0.293 e. The van der Waals surface area contributed by atoms with Crippen LogP contribution >= 0.6 is 0 Å². The number of amides is 1. The average Bonchev–Trinajstić information content (AvgIpc) is 2.61. The molecule has 2 rings (SSSR count). The van der Waals surface area contributed by atoms with Gasteiger partial charge in [-0.05, 0) is 50.4 Å². The molecule has 1 aromatic carbocycles. The van der Waals surface area contributed by atoms with Crippen LogP contribution in [0.4, 0.5) is 11.4 Å². The number of hydrogen-bond donors (Lipinski definition) is 4. The van der Waals surface area contributed by atoms with Crippen LogP contribution in [0.25, 0.3) is 0 Å². The van der Waals surface area contributed by atoms with Crippen LogP contribution in [0.1, 0.15) is 25.7 Å². The molecule has 1 amide bonds. The van der Waals surface area contributed by atoms with Crippen LogP contribution in [0.2, 0.25) is 0 Å². The molecule has 1 heterocycles. The van der Waals surface area contributed by atoms with Gasteiger partial charge in [-0.3, -0.25) is 14.9 Å². The molecule has 1 saturated heterocycles. The summed E-state index contributed by atoms with van der Waals surface area (Å²) in [6.07, 6.45) is 3.40. The van der Waals surface area contributed by atoms with Crippen molar-refractivity contribution in [3.8, 4) is 0 Å². The van der Waals surface area contributed by atoms with Crippen molar-refractivity contribution in [2.24, 2.45) is 11.1 Å². The molecule has 0 radical (unpaired) electrons. The van der Waals surface area contributed by atoms with E-state index in [-0.39, 0.29) is 29.5 Å². The van der Waals surface area contributed by atoms with E-state index in [0.29, 0.717) is 12.5 Å². The van der Waals surface area contributed by atoms with Crippen molar-refractivity contribution in [3.05, 3.63) is 28.3 Å². The van der Waals surface area contributed by atoms with Crippen LogP contribution in [0.5, 0.6) is 0 Å². The Hall–Kier alpha value is -2.24. The number of carbonyl (C=O) groups excluding carboxylic acids is 1. The van der Waals surface area contributed by atoms with Gasteiger partial charge in [-0.2, -0.15) is 0 Å². The summed E-state index contributed by atoms with van der Waals surface area (Å²) in [6.45, 7) is 2.83. The van der Waals surface area contributed by atoms with Gasteiger partial charge in [-0.1, -0.05) is 0 Å². The molecule has 0 aromatic heterocycles. The molecule has 27 heavy (non-hydrogen) atoms. The van der Waals surface area contributed by atoms with E-state index in [9.17, 15) is 23.3 Å². The number of nitro benzene ring substituents is 1. The van der Waals surface area contributed by atoms with Gasteiger partial charge in [-0.15, -0.1) is 0 Å². The van der Waals surface area contributed by atoms with Gasteiger partial charge < -0.3 is 16.0 Å². The molecule has 11 heteroatoms. The van der Waals surface area contributed by atoms with Crippen LogP contribution in [0.15, 0.2) is 23.1 Å². The molecule has 5 N–H and O–H groups in total. The Balaban J connectivity index is 1.80. The number of anilines is 1. The van der Waals surface area contributed by atoms with Crippen molar-refractivity contribution in [3.63, 3.8) is 0 Å². The van der Waals surface area contributed by atoms with E-state index in [4.69, 9.17) is 5.14 Å². The number of sulfonamides is 1. The van der Waals surface area contributed by atoms with Crippen molar-refractivity contribution in [2.45, 2.75) is 30.6 Å². The molecular weight excluding hydrogens is 374 g/mol. The van der Waals surface area contributed by atoms with Crippen molar-refractivity contribution in [1.82, 2.24) is 10.6 Å². The van der Waals surface area contributed by atoms with E-state index in [0.717, 1.165) is 32.0 Å². The van der Waals surface area contributed by atoms with Gasteiger partial charge in [0, 0.05) is 25.6 Å². The lowest BCUT2D eigenvalue weighted by molar-refractivity contribution is -0.384. The molecule has 0 spiro atoms. The van der Waals surface area contributed by atoms with E-state index >= 15 is 0 Å². The normalized spacial score (nSPS) is 17.3. The van der Waals surface area contributed by atoms with Crippen molar-refractivity contribution < 1.29 is 18.1 Å². The molecule has 0 aliphatic carbocycles. The fourth-order valence-electron chi connectivity index (χ4n) is 2.97. The van der Waals surface area contributed by atoms with E-state index in [2.05, 4.69) is 16.0 Å². The summed E-state index contributed by atoms with van der Waals surface area (Å²) in [6, 6.07) is 3.35. The molecule has 0 bridgehead atoms. The van der Waals surface area contributed by atoms with Gasteiger partial charge in [0.2, 0.25) is 15.9 Å². The second-order valence-corrected chi connectivity index (χ2v) is 8.07. The smallest absolute Gasteiger partial charge is 0.293 e. The Labute approximate surface area is 158 Å². The molecular formula is C16H25N5O5S. The monoisotopic (exact) mass is 399 g/mol. The van der Waals surface area contributed by atoms with Crippen molar-refractivity contribution in [1.29, 1.82) is 0 Å². The molecule has 1 aromatic rings. The molecule has 1 aliphatic heterocycles. The van der Waals surface area contributed by atoms with Crippen molar-refractivity contribution >= 4 is 27.3 Å². The molecule has 1 aliphatic rings. The van der Waals surface area contributed by atoms with E-state index in [1.54, 1.807) is 0 Å². The Bertz CT molecular complexity index is 777. The van der Waals surface area contributed by atoms with Crippen LogP contribution in [-0.4, -0.2) is 45.4 Å². The van der Waals surface area contributed by atoms with Gasteiger partial charge in [0.1, 0.15) is 5.69 Å². The number of nitrogens with one attached hydrogen (secondary N) is 3. The summed E-state index contributed by atoms with van der Waals surface area (Å²) in [5.41, 5.74) is -0.278. The third-order valence-corrected chi connectivity index (χ3v) is 5.35. The van der Waals surface area contributed by atoms with Gasteiger partial charge in [0.25, 0.3) is 5.69 Å². The standard InChI is InChI=1S/C16H25N5O5S/c17-27(25,26)13-3-4-14(15(10-13)21(23)24)19-9-6-16(22)20-8-5-12-2-1-7-18-11-12/h3-4,10,12,18-19H,1-2,5-9,11H2,(H,20,22)(H2,17,25,26). The highest BCUT2D eigenvalue weighted by atomic mass is 32.2. The van der Waals surface area contributed by atoms with Crippen LogP contribution < -0.4 is 21.1 Å². The SMILES string of the molecule is NS(=O)(=O)c1ccc(NCCC(=O)NCCC2CCCNC2)c([N+](=O)[O-])c1. The number of nitro groups is 1. The number of carbonyl (C=O) groups is 1. The maximum absolute atomic E-state index is 11.9. The zero-order valence-corrected chi connectivity index (χ0v) is 15.8. The number of primary sulfonamides is 1. The van der Waals surface area contributed by atoms with Crippen LogP contribution in [0, 0.1) is 16.0 Å². The third-order valence-electron chi connectivity index (χ3n) is 4.44. The zero-order chi connectivity index (χ0) is 19.9. The van der Waals surface area contributed by atoms with Crippen molar-refractivity contribution in [2.75, 3.05) is 31.5 Å². The highest BCUT2D eigenvalue weighted by Crippen LogP contribution is 2.27. The van der Waals surface area contributed by atoms with Crippen LogP contribution in [0.3, 0.4) is 0 Å². The lowest BCUT2D eigenvalue weighted by Gasteiger charge is -2.22. The van der Waals surface area contributed by atoms with Gasteiger partial charge in [0.05, 0.1) is 9.82 Å². The van der Waals surface area contributed by atoms with Gasteiger partial charge in [-0.25, -0.2) is 13.6 Å². The van der Waals surface area contributed by atoms with Crippen LogP contribution in [-0.2, 0) is 14.8 Å². The average molecular weight is 399 g/mol. The Morgan fingerprint density at radius 3 is 2.78 bits per heavy atom. The quantitative estimate of drug-likeness (QED) is 0.349. The van der Waals surface area contributed by atoms with E-state index in [1.165, 1.54) is 18.6 Å². The Kier molecular flexibility index (Phi) is 7.51. The minimum absolute atomic E-state index is 0.133. The van der Waals surface area contributed by atoms with E-state index in [1.807, 2.05) is 0 Å². The number of nitrogens with zero attached hydrogens (tertiary/aromatic N) is 1. The molecule has 1 unspecified atom stereocenters. The second kappa shape index (κ2) is 9.62. The minimum Gasteiger partial charge on any atom is -0.379 e. The fraction of sp³-hybridized carbons (Fsp3) is 0.562. The molecule has 150 valence electrons. The first-order valence-electron chi connectivity index (χ1n) is 8.80. The third kappa shape index (κ3) is 6.77. The Morgan fingerprint density at radius 2 is 2.15 bits per heavy atom. The predicted molar refractivity (Wildman–Crippen MR) is 101 cm³/mol. The predicted octanol–water partition coefficient (Wildman–Crippen LogP) is 0.550. The number of hydrogen-bond acceptors (Lipinski definition) is 7.